The molecule has 0 aliphatic heterocycles. The maximum absolute atomic E-state index is 4.74. The van der Waals surface area contributed by atoms with Gasteiger partial charge in [-0.2, -0.15) is 5.10 Å². The Labute approximate surface area is 131 Å². The summed E-state index contributed by atoms with van der Waals surface area (Å²) in [7, 11) is 0. The molecule has 0 unspecified atom stereocenters. The van der Waals surface area contributed by atoms with Crippen LogP contribution in [0.3, 0.4) is 0 Å². The van der Waals surface area contributed by atoms with E-state index in [1.54, 1.807) is 0 Å². The number of thiophene rings is 1. The van der Waals surface area contributed by atoms with Crippen molar-refractivity contribution in [1.29, 1.82) is 0 Å². The second-order valence-corrected chi connectivity index (χ2v) is 7.28. The zero-order valence-corrected chi connectivity index (χ0v) is 14.1. The average Bonchev–Trinajstić information content (AvgIpc) is 3.13. The minimum absolute atomic E-state index is 0.778. The van der Waals surface area contributed by atoms with Crippen LogP contribution in [0.2, 0.25) is 0 Å². The molecule has 3 nitrogen and oxygen atoms in total. The van der Waals surface area contributed by atoms with Crippen molar-refractivity contribution in [3.05, 3.63) is 38.8 Å². The lowest BCUT2D eigenvalue weighted by molar-refractivity contribution is 0.639. The van der Waals surface area contributed by atoms with Crippen molar-refractivity contribution in [2.45, 2.75) is 65.6 Å². The molecule has 1 fully saturated rings. The van der Waals surface area contributed by atoms with Crippen LogP contribution in [0.25, 0.3) is 0 Å². The molecule has 114 valence electrons. The molecule has 2 aromatic heterocycles. The minimum Gasteiger partial charge on any atom is -0.309 e. The number of hydrogen-bond donors (Lipinski definition) is 1. The summed E-state index contributed by atoms with van der Waals surface area (Å²) in [6, 6.07) is 5.39. The Bertz CT molecular complexity index is 608. The highest BCUT2D eigenvalue weighted by atomic mass is 32.1. The van der Waals surface area contributed by atoms with Crippen LogP contribution >= 0.6 is 11.3 Å². The highest BCUT2D eigenvalue weighted by Gasteiger charge is 2.20. The summed E-state index contributed by atoms with van der Waals surface area (Å²) in [5, 5.41) is 8.34. The normalized spacial score (nSPS) is 14.8. The van der Waals surface area contributed by atoms with E-state index in [1.807, 2.05) is 11.3 Å². The zero-order valence-electron chi connectivity index (χ0n) is 13.3. The third kappa shape index (κ3) is 3.55. The fourth-order valence-corrected chi connectivity index (χ4v) is 3.64. The SMILES string of the molecule is CCc1cc(CC)n(Cc2cc(CNC3CC3)sc2C)n1. The van der Waals surface area contributed by atoms with Gasteiger partial charge in [-0.3, -0.25) is 4.68 Å². The highest BCUT2D eigenvalue weighted by Crippen LogP contribution is 2.25. The van der Waals surface area contributed by atoms with E-state index >= 15 is 0 Å². The Morgan fingerprint density at radius 1 is 1.29 bits per heavy atom. The van der Waals surface area contributed by atoms with Gasteiger partial charge in [-0.15, -0.1) is 11.3 Å². The van der Waals surface area contributed by atoms with E-state index in [9.17, 15) is 0 Å². The quantitative estimate of drug-likeness (QED) is 0.845. The minimum atomic E-state index is 0.778. The fraction of sp³-hybridized carbons (Fsp3) is 0.588. The Kier molecular flexibility index (Phi) is 4.45. The predicted octanol–water partition coefficient (Wildman–Crippen LogP) is 3.68. The molecule has 0 amide bonds. The molecule has 1 saturated carbocycles. The summed E-state index contributed by atoms with van der Waals surface area (Å²) in [5.74, 6) is 0. The number of nitrogens with one attached hydrogen (secondary N) is 1. The monoisotopic (exact) mass is 303 g/mol. The van der Waals surface area contributed by atoms with Crippen molar-refractivity contribution in [3.8, 4) is 0 Å². The molecule has 21 heavy (non-hydrogen) atoms. The van der Waals surface area contributed by atoms with Gasteiger partial charge in [0.1, 0.15) is 0 Å². The Balaban J connectivity index is 1.72. The maximum atomic E-state index is 4.74. The molecule has 3 rings (SSSR count). The summed E-state index contributed by atoms with van der Waals surface area (Å²) in [6.07, 6.45) is 4.76. The van der Waals surface area contributed by atoms with Crippen LogP contribution in [0.5, 0.6) is 0 Å². The van der Waals surface area contributed by atoms with Crippen LogP contribution in [-0.4, -0.2) is 15.8 Å². The highest BCUT2D eigenvalue weighted by molar-refractivity contribution is 7.12. The molecule has 1 aliphatic carbocycles. The van der Waals surface area contributed by atoms with Crippen LogP contribution in [0.4, 0.5) is 0 Å². The van der Waals surface area contributed by atoms with E-state index < -0.39 is 0 Å². The molecule has 0 saturated heterocycles. The summed E-state index contributed by atoms with van der Waals surface area (Å²) in [6.45, 7) is 8.55. The van der Waals surface area contributed by atoms with Gasteiger partial charge >= 0.3 is 0 Å². The number of nitrogens with zero attached hydrogens (tertiary/aromatic N) is 2. The van der Waals surface area contributed by atoms with Crippen LogP contribution in [0.1, 0.15) is 53.4 Å². The summed E-state index contributed by atoms with van der Waals surface area (Å²) in [5.41, 5.74) is 3.97. The standard InChI is InChI=1S/C17H25N3S/c1-4-14-9-16(5-2)20(19-14)11-13-8-17(21-12(13)3)10-18-15-6-7-15/h8-9,15,18H,4-7,10-11H2,1-3H3. The van der Waals surface area contributed by atoms with E-state index in [2.05, 4.69) is 42.9 Å². The number of hydrogen-bond acceptors (Lipinski definition) is 3. The van der Waals surface area contributed by atoms with Gasteiger partial charge in [-0.25, -0.2) is 0 Å². The molecule has 2 heterocycles. The van der Waals surface area contributed by atoms with Crippen LogP contribution < -0.4 is 5.32 Å². The van der Waals surface area contributed by atoms with Crippen LogP contribution in [0.15, 0.2) is 12.1 Å². The summed E-state index contributed by atoms with van der Waals surface area (Å²) < 4.78 is 2.19. The average molecular weight is 303 g/mol. The molecule has 0 spiro atoms. The van der Waals surface area contributed by atoms with Crippen molar-refractivity contribution in [2.24, 2.45) is 0 Å². The van der Waals surface area contributed by atoms with Gasteiger partial charge in [0.05, 0.1) is 12.2 Å². The maximum Gasteiger partial charge on any atom is 0.0673 e. The second kappa shape index (κ2) is 6.32. The van der Waals surface area contributed by atoms with Gasteiger partial charge in [0, 0.05) is 28.0 Å². The number of aryl methyl sites for hydroxylation is 3. The molecule has 0 atom stereocenters. The lowest BCUT2D eigenvalue weighted by atomic mass is 10.2. The van der Waals surface area contributed by atoms with Gasteiger partial charge in [-0.05, 0) is 50.3 Å². The van der Waals surface area contributed by atoms with Gasteiger partial charge in [0.15, 0.2) is 0 Å². The first-order chi connectivity index (χ1) is 10.2. The second-order valence-electron chi connectivity index (χ2n) is 5.94. The zero-order chi connectivity index (χ0) is 14.8. The van der Waals surface area contributed by atoms with Crippen molar-refractivity contribution in [1.82, 2.24) is 15.1 Å². The fourth-order valence-electron chi connectivity index (χ4n) is 2.63. The molecule has 1 aliphatic rings. The van der Waals surface area contributed by atoms with E-state index in [1.165, 1.54) is 39.5 Å². The van der Waals surface area contributed by atoms with Gasteiger partial charge in [0.25, 0.3) is 0 Å². The Hall–Kier alpha value is -1.13. The van der Waals surface area contributed by atoms with Gasteiger partial charge in [-0.1, -0.05) is 13.8 Å². The summed E-state index contributed by atoms with van der Waals surface area (Å²) >= 11 is 1.93. The topological polar surface area (TPSA) is 29.9 Å². The molecule has 1 N–H and O–H groups in total. The van der Waals surface area contributed by atoms with Crippen LogP contribution in [0, 0.1) is 6.92 Å². The van der Waals surface area contributed by atoms with Gasteiger partial charge in [0.2, 0.25) is 0 Å². The van der Waals surface area contributed by atoms with Gasteiger partial charge < -0.3 is 5.32 Å². The molecule has 0 radical (unpaired) electrons. The van der Waals surface area contributed by atoms with Crippen molar-refractivity contribution >= 4 is 11.3 Å². The van der Waals surface area contributed by atoms with Crippen molar-refractivity contribution in [3.63, 3.8) is 0 Å². The smallest absolute Gasteiger partial charge is 0.0673 e. The van der Waals surface area contributed by atoms with E-state index in [0.717, 1.165) is 32.0 Å². The Morgan fingerprint density at radius 3 is 2.76 bits per heavy atom. The Morgan fingerprint density at radius 2 is 2.10 bits per heavy atom. The lowest BCUT2D eigenvalue weighted by Gasteiger charge is -2.05. The molecular weight excluding hydrogens is 278 g/mol. The molecule has 4 heteroatoms. The number of aromatic nitrogens is 2. The summed E-state index contributed by atoms with van der Waals surface area (Å²) in [4.78, 5) is 2.88. The lowest BCUT2D eigenvalue weighted by Crippen LogP contribution is -2.14. The van der Waals surface area contributed by atoms with Crippen LogP contribution in [-0.2, 0) is 25.9 Å². The van der Waals surface area contributed by atoms with E-state index in [0.29, 0.717) is 0 Å². The largest absolute Gasteiger partial charge is 0.309 e. The van der Waals surface area contributed by atoms with E-state index in [4.69, 9.17) is 5.10 Å². The third-order valence-corrected chi connectivity index (χ3v) is 5.27. The van der Waals surface area contributed by atoms with E-state index in [-0.39, 0.29) is 0 Å². The first kappa shape index (κ1) is 14.8. The predicted molar refractivity (Wildman–Crippen MR) is 89.0 cm³/mol. The molecule has 0 bridgehead atoms. The number of rotatable bonds is 7. The van der Waals surface area contributed by atoms with Crippen molar-refractivity contribution < 1.29 is 0 Å². The molecule has 0 aromatic carbocycles. The first-order valence-corrected chi connectivity index (χ1v) is 8.88. The molecule has 2 aromatic rings. The molecular formula is C17H25N3S. The first-order valence-electron chi connectivity index (χ1n) is 8.06. The third-order valence-electron chi connectivity index (χ3n) is 4.17. The van der Waals surface area contributed by atoms with Crippen molar-refractivity contribution in [2.75, 3.05) is 0 Å².